The van der Waals surface area contributed by atoms with Crippen molar-refractivity contribution in [3.05, 3.63) is 41.9 Å². The van der Waals surface area contributed by atoms with Crippen LogP contribution in [0.1, 0.15) is 11.1 Å². The molecule has 0 saturated heterocycles. The first-order valence-corrected chi connectivity index (χ1v) is 3.18. The van der Waals surface area contributed by atoms with E-state index in [9.17, 15) is 0 Å². The van der Waals surface area contributed by atoms with Gasteiger partial charge >= 0.3 is 0 Å². The SMILES string of the molecule is [CH]1NN=Cc2ccccc21. The highest BCUT2D eigenvalue weighted by Gasteiger charge is 2.01. The predicted molar refractivity (Wildman–Crippen MR) is 40.6 cm³/mol. The first-order chi connectivity index (χ1) is 4.97. The third-order valence-electron chi connectivity index (χ3n) is 1.49. The van der Waals surface area contributed by atoms with Gasteiger partial charge in [-0.3, -0.25) is 0 Å². The van der Waals surface area contributed by atoms with Crippen molar-refractivity contribution in [2.24, 2.45) is 5.10 Å². The minimum Gasteiger partial charge on any atom is -0.300 e. The molecule has 1 heterocycles. The highest BCUT2D eigenvalue weighted by atomic mass is 15.3. The number of hydrogen-bond donors (Lipinski definition) is 1. The van der Waals surface area contributed by atoms with Crippen LogP contribution in [0.2, 0.25) is 0 Å². The Labute approximate surface area is 59.6 Å². The van der Waals surface area contributed by atoms with E-state index in [2.05, 4.69) is 10.5 Å². The van der Waals surface area contributed by atoms with Gasteiger partial charge in [-0.15, -0.1) is 0 Å². The predicted octanol–water partition coefficient (Wildman–Crippen LogP) is 1.13. The Balaban J connectivity index is 2.54. The summed E-state index contributed by atoms with van der Waals surface area (Å²) in [7, 11) is 0. The fourth-order valence-electron chi connectivity index (χ4n) is 0.974. The normalized spacial score (nSPS) is 14.0. The highest BCUT2D eigenvalue weighted by Crippen LogP contribution is 2.09. The van der Waals surface area contributed by atoms with Crippen LogP contribution in [0.5, 0.6) is 0 Å². The van der Waals surface area contributed by atoms with Gasteiger partial charge in [-0.1, -0.05) is 24.3 Å². The Morgan fingerprint density at radius 2 is 1.90 bits per heavy atom. The molecule has 0 saturated carbocycles. The molecular formula is C8H7N2. The van der Waals surface area contributed by atoms with Crippen molar-refractivity contribution in [2.45, 2.75) is 0 Å². The quantitative estimate of drug-likeness (QED) is 0.561. The fourth-order valence-corrected chi connectivity index (χ4v) is 0.974. The van der Waals surface area contributed by atoms with Gasteiger partial charge in [-0.2, -0.15) is 5.10 Å². The van der Waals surface area contributed by atoms with Crippen molar-refractivity contribution in [1.29, 1.82) is 0 Å². The molecule has 0 spiro atoms. The van der Waals surface area contributed by atoms with Crippen LogP contribution in [-0.2, 0) is 0 Å². The molecule has 1 radical (unpaired) electrons. The monoisotopic (exact) mass is 131 g/mol. The molecule has 2 heteroatoms. The molecule has 2 rings (SSSR count). The van der Waals surface area contributed by atoms with Gasteiger partial charge in [0.15, 0.2) is 0 Å². The minimum atomic E-state index is 1.17. The zero-order valence-electron chi connectivity index (χ0n) is 5.41. The number of hydrazone groups is 1. The summed E-state index contributed by atoms with van der Waals surface area (Å²) in [6.45, 7) is 1.88. The molecule has 10 heavy (non-hydrogen) atoms. The van der Waals surface area contributed by atoms with Crippen LogP contribution < -0.4 is 5.43 Å². The Hall–Kier alpha value is -1.31. The molecule has 0 aliphatic carbocycles. The second-order valence-electron chi connectivity index (χ2n) is 2.16. The third-order valence-corrected chi connectivity index (χ3v) is 1.49. The van der Waals surface area contributed by atoms with Crippen LogP contribution in [-0.4, -0.2) is 6.21 Å². The molecule has 0 bridgehead atoms. The lowest BCUT2D eigenvalue weighted by Gasteiger charge is -2.08. The van der Waals surface area contributed by atoms with E-state index in [-0.39, 0.29) is 0 Å². The molecule has 1 aromatic rings. The van der Waals surface area contributed by atoms with Crippen molar-refractivity contribution < 1.29 is 0 Å². The van der Waals surface area contributed by atoms with E-state index in [1.54, 1.807) is 0 Å². The van der Waals surface area contributed by atoms with E-state index in [4.69, 9.17) is 0 Å². The van der Waals surface area contributed by atoms with Crippen molar-refractivity contribution in [2.75, 3.05) is 0 Å². The fraction of sp³-hybridized carbons (Fsp3) is 0. The maximum absolute atomic E-state index is 3.89. The molecule has 0 atom stereocenters. The lowest BCUT2D eigenvalue weighted by Crippen LogP contribution is -2.10. The smallest absolute Gasteiger partial charge is 0.0955 e. The zero-order valence-corrected chi connectivity index (χ0v) is 5.41. The van der Waals surface area contributed by atoms with Gasteiger partial charge in [-0.25, -0.2) is 0 Å². The summed E-state index contributed by atoms with van der Waals surface area (Å²) < 4.78 is 0. The summed E-state index contributed by atoms with van der Waals surface area (Å²) in [6, 6.07) is 8.10. The van der Waals surface area contributed by atoms with Crippen LogP contribution in [0.3, 0.4) is 0 Å². The van der Waals surface area contributed by atoms with Crippen molar-refractivity contribution in [3.8, 4) is 0 Å². The Kier molecular flexibility index (Phi) is 1.17. The second kappa shape index (κ2) is 2.14. The lowest BCUT2D eigenvalue weighted by molar-refractivity contribution is 0.890. The second-order valence-corrected chi connectivity index (χ2v) is 2.16. The summed E-state index contributed by atoms with van der Waals surface area (Å²) >= 11 is 0. The van der Waals surface area contributed by atoms with Gasteiger partial charge < -0.3 is 5.43 Å². The Bertz CT molecular complexity index is 266. The topological polar surface area (TPSA) is 24.4 Å². The maximum Gasteiger partial charge on any atom is 0.0955 e. The van der Waals surface area contributed by atoms with Gasteiger partial charge in [0.05, 0.1) is 12.8 Å². The molecule has 0 amide bonds. The summed E-state index contributed by atoms with van der Waals surface area (Å²) in [4.78, 5) is 0. The molecule has 1 N–H and O–H groups in total. The molecule has 1 aliphatic heterocycles. The number of rotatable bonds is 0. The average molecular weight is 131 g/mol. The maximum atomic E-state index is 3.89. The van der Waals surface area contributed by atoms with Gasteiger partial charge in [0.25, 0.3) is 0 Å². The molecular weight excluding hydrogens is 124 g/mol. The summed E-state index contributed by atoms with van der Waals surface area (Å²) in [5.74, 6) is 0. The van der Waals surface area contributed by atoms with Crippen molar-refractivity contribution in [3.63, 3.8) is 0 Å². The largest absolute Gasteiger partial charge is 0.300 e. The van der Waals surface area contributed by atoms with Gasteiger partial charge in [0.1, 0.15) is 0 Å². The van der Waals surface area contributed by atoms with Crippen LogP contribution in [0.15, 0.2) is 29.4 Å². The molecule has 0 fully saturated rings. The molecule has 1 aliphatic rings. The Morgan fingerprint density at radius 3 is 2.70 bits per heavy atom. The standard InChI is InChI=1S/C8H7N2/c1-2-4-8-6-10-9-5-7(8)3-1/h1-6,9H. The number of benzene rings is 1. The number of fused-ring (bicyclic) bond motifs is 1. The van der Waals surface area contributed by atoms with Gasteiger partial charge in [-0.05, 0) is 11.1 Å². The molecule has 0 unspecified atom stereocenters. The average Bonchev–Trinajstić information content (AvgIpc) is 2.05. The van der Waals surface area contributed by atoms with E-state index >= 15 is 0 Å². The lowest BCUT2D eigenvalue weighted by atomic mass is 10.1. The summed E-state index contributed by atoms with van der Waals surface area (Å²) in [5.41, 5.74) is 5.15. The van der Waals surface area contributed by atoms with Crippen LogP contribution >= 0.6 is 0 Å². The molecule has 2 nitrogen and oxygen atoms in total. The Morgan fingerprint density at radius 1 is 1.10 bits per heavy atom. The van der Waals surface area contributed by atoms with Crippen LogP contribution in [0.4, 0.5) is 0 Å². The van der Waals surface area contributed by atoms with E-state index in [1.165, 1.54) is 11.1 Å². The van der Waals surface area contributed by atoms with Gasteiger partial charge in [0, 0.05) is 0 Å². The van der Waals surface area contributed by atoms with E-state index in [1.807, 2.05) is 37.0 Å². The molecule has 1 aromatic carbocycles. The molecule has 49 valence electrons. The number of nitrogens with zero attached hydrogens (tertiary/aromatic N) is 1. The highest BCUT2D eigenvalue weighted by molar-refractivity contribution is 5.83. The summed E-state index contributed by atoms with van der Waals surface area (Å²) in [5, 5.41) is 3.89. The first kappa shape index (κ1) is 5.47. The number of nitrogens with one attached hydrogen (secondary N) is 1. The minimum absolute atomic E-state index is 1.17. The van der Waals surface area contributed by atoms with Crippen LogP contribution in [0, 0.1) is 6.54 Å². The van der Waals surface area contributed by atoms with Crippen molar-refractivity contribution >= 4 is 6.21 Å². The van der Waals surface area contributed by atoms with E-state index < -0.39 is 0 Å². The third kappa shape index (κ3) is 0.778. The van der Waals surface area contributed by atoms with Gasteiger partial charge in [0.2, 0.25) is 0 Å². The summed E-state index contributed by atoms with van der Waals surface area (Å²) in [6.07, 6.45) is 1.81. The van der Waals surface area contributed by atoms with E-state index in [0.717, 1.165) is 0 Å². The van der Waals surface area contributed by atoms with Crippen LogP contribution in [0.25, 0.3) is 0 Å². The van der Waals surface area contributed by atoms with Crippen molar-refractivity contribution in [1.82, 2.24) is 5.43 Å². The zero-order chi connectivity index (χ0) is 6.81. The van der Waals surface area contributed by atoms with E-state index in [0.29, 0.717) is 0 Å². The molecule has 0 aromatic heterocycles. The first-order valence-electron chi connectivity index (χ1n) is 3.18. The number of hydrogen-bond acceptors (Lipinski definition) is 2.